The van der Waals surface area contributed by atoms with Crippen LogP contribution in [-0.4, -0.2) is 56.6 Å². The van der Waals surface area contributed by atoms with Gasteiger partial charge in [0, 0.05) is 6.61 Å². The van der Waals surface area contributed by atoms with Gasteiger partial charge in [-0.1, -0.05) is 0 Å². The molecule has 0 aliphatic rings. The first-order chi connectivity index (χ1) is 4.95. The Labute approximate surface area is 81.3 Å². The van der Waals surface area contributed by atoms with Crippen molar-refractivity contribution in [1.29, 1.82) is 0 Å². The fraction of sp³-hybridized carbons (Fsp3) is 1.00. The van der Waals surface area contributed by atoms with Gasteiger partial charge in [-0.15, -0.1) is 0 Å². The van der Waals surface area contributed by atoms with E-state index in [-0.39, 0.29) is 18.5 Å². The highest BCUT2D eigenvalue weighted by molar-refractivity contribution is 4.49. The summed E-state index contributed by atoms with van der Waals surface area (Å²) in [5.74, 6) is 0. The van der Waals surface area contributed by atoms with Gasteiger partial charge >= 0.3 is 0 Å². The number of halogens is 1. The summed E-state index contributed by atoms with van der Waals surface area (Å²) in [5, 5.41) is 9.38. The summed E-state index contributed by atoms with van der Waals surface area (Å²) < 4.78 is 5.85. The molecule has 0 bridgehead atoms. The highest BCUT2D eigenvalue weighted by Gasteiger charge is 2.14. The summed E-state index contributed by atoms with van der Waals surface area (Å²) in [5.41, 5.74) is 0. The van der Waals surface area contributed by atoms with Gasteiger partial charge < -0.3 is 26.7 Å². The Morgan fingerprint density at radius 1 is 1.33 bits per heavy atom. The van der Waals surface area contributed by atoms with Gasteiger partial charge in [-0.25, -0.2) is 0 Å². The van der Waals surface area contributed by atoms with E-state index in [4.69, 9.17) is 4.74 Å². The Kier molecular flexibility index (Phi) is 8.15. The number of aliphatic hydroxyl groups excluding tert-OH is 1. The predicted molar refractivity (Wildman–Crippen MR) is 45.4 cm³/mol. The maximum absolute atomic E-state index is 9.38. The van der Waals surface area contributed by atoms with Gasteiger partial charge in [0.25, 0.3) is 0 Å². The normalized spacial score (nSPS) is 13.8. The van der Waals surface area contributed by atoms with Crippen LogP contribution in [0.15, 0.2) is 0 Å². The maximum atomic E-state index is 9.38. The lowest BCUT2D eigenvalue weighted by molar-refractivity contribution is -0.873. The lowest BCUT2D eigenvalue weighted by Gasteiger charge is -2.26. The van der Waals surface area contributed by atoms with Crippen molar-refractivity contribution in [3.05, 3.63) is 0 Å². The Balaban J connectivity index is 0. The number of quaternary nitrogens is 1. The van der Waals surface area contributed by atoms with Crippen molar-refractivity contribution >= 4 is 0 Å². The first-order valence-corrected chi connectivity index (χ1v) is 4.02. The van der Waals surface area contributed by atoms with E-state index >= 15 is 0 Å². The lowest BCUT2D eigenvalue weighted by atomic mass is 10.3. The van der Waals surface area contributed by atoms with Crippen LogP contribution in [0.4, 0.5) is 0 Å². The fourth-order valence-corrected chi connectivity index (χ4v) is 0.939. The summed E-state index contributed by atoms with van der Waals surface area (Å²) in [7, 11) is 6.15. The van der Waals surface area contributed by atoms with E-state index in [0.717, 1.165) is 11.0 Å². The molecule has 1 atom stereocenters. The van der Waals surface area contributed by atoms with Crippen LogP contribution in [0.3, 0.4) is 0 Å². The second-order valence-electron chi connectivity index (χ2n) is 3.79. The highest BCUT2D eigenvalue weighted by atomic mass is 35.5. The van der Waals surface area contributed by atoms with Crippen LogP contribution in [0.2, 0.25) is 0 Å². The van der Waals surface area contributed by atoms with Crippen LogP contribution in [0.5, 0.6) is 0 Å². The molecule has 0 aliphatic heterocycles. The molecule has 0 fully saturated rings. The molecule has 0 spiro atoms. The Hall–Kier alpha value is 0.170. The third kappa shape index (κ3) is 10.2. The third-order valence-electron chi connectivity index (χ3n) is 1.27. The van der Waals surface area contributed by atoms with Crippen molar-refractivity contribution in [2.24, 2.45) is 0 Å². The average Bonchev–Trinajstić information content (AvgIpc) is 1.79. The number of aliphatic hydroxyl groups is 1. The summed E-state index contributed by atoms with van der Waals surface area (Å²) in [6.45, 7) is 3.79. The molecule has 0 rings (SSSR count). The van der Waals surface area contributed by atoms with Crippen LogP contribution in [0.1, 0.15) is 6.92 Å². The number of hydrogen-bond donors (Lipinski definition) is 1. The molecular weight excluding hydrogens is 178 g/mol. The van der Waals surface area contributed by atoms with E-state index in [9.17, 15) is 5.11 Å². The summed E-state index contributed by atoms with van der Waals surface area (Å²) >= 11 is 0. The minimum atomic E-state index is -0.338. The Morgan fingerprint density at radius 3 is 2.17 bits per heavy atom. The zero-order chi connectivity index (χ0) is 8.91. The molecule has 0 aromatic rings. The van der Waals surface area contributed by atoms with Gasteiger partial charge in [-0.05, 0) is 6.92 Å². The molecule has 3 nitrogen and oxygen atoms in total. The van der Waals surface area contributed by atoms with Crippen molar-refractivity contribution in [3.63, 3.8) is 0 Å². The highest BCUT2D eigenvalue weighted by Crippen LogP contribution is 1.95. The zero-order valence-corrected chi connectivity index (χ0v) is 9.14. The topological polar surface area (TPSA) is 29.5 Å². The molecule has 0 amide bonds. The van der Waals surface area contributed by atoms with Crippen LogP contribution >= 0.6 is 0 Å². The molecule has 0 aromatic carbocycles. The van der Waals surface area contributed by atoms with Gasteiger partial charge in [0.15, 0.2) is 0 Å². The van der Waals surface area contributed by atoms with E-state index in [1.165, 1.54) is 0 Å². The molecule has 0 aromatic heterocycles. The van der Waals surface area contributed by atoms with E-state index in [1.807, 2.05) is 6.92 Å². The molecule has 0 radical (unpaired) electrons. The fourth-order valence-electron chi connectivity index (χ4n) is 0.939. The minimum absolute atomic E-state index is 0. The summed E-state index contributed by atoms with van der Waals surface area (Å²) in [4.78, 5) is 0. The molecule has 12 heavy (non-hydrogen) atoms. The van der Waals surface area contributed by atoms with Crippen LogP contribution in [-0.2, 0) is 4.74 Å². The lowest BCUT2D eigenvalue weighted by Crippen LogP contribution is -3.00. The zero-order valence-electron chi connectivity index (χ0n) is 8.38. The number of rotatable bonds is 5. The molecule has 0 aliphatic carbocycles. The first-order valence-electron chi connectivity index (χ1n) is 4.02. The Morgan fingerprint density at radius 2 is 1.83 bits per heavy atom. The largest absolute Gasteiger partial charge is 1.00 e. The molecule has 1 unspecified atom stereocenters. The average molecular weight is 198 g/mol. The van der Waals surface area contributed by atoms with Crippen molar-refractivity contribution in [1.82, 2.24) is 0 Å². The van der Waals surface area contributed by atoms with E-state index in [0.29, 0.717) is 13.2 Å². The van der Waals surface area contributed by atoms with Gasteiger partial charge in [0.05, 0.1) is 27.7 Å². The van der Waals surface area contributed by atoms with Gasteiger partial charge in [-0.2, -0.15) is 0 Å². The monoisotopic (exact) mass is 197 g/mol. The smallest absolute Gasteiger partial charge is 0.126 e. The van der Waals surface area contributed by atoms with Crippen molar-refractivity contribution in [3.8, 4) is 0 Å². The number of likely N-dealkylation sites (N-methyl/N-ethyl adjacent to an activating group) is 1. The molecule has 76 valence electrons. The second kappa shape index (κ2) is 6.66. The van der Waals surface area contributed by atoms with E-state index in [1.54, 1.807) is 0 Å². The quantitative estimate of drug-likeness (QED) is 0.479. The van der Waals surface area contributed by atoms with Gasteiger partial charge in [0.1, 0.15) is 12.6 Å². The van der Waals surface area contributed by atoms with Crippen molar-refractivity contribution < 1.29 is 26.7 Å². The minimum Gasteiger partial charge on any atom is -1.00 e. The molecule has 0 saturated heterocycles. The third-order valence-corrected chi connectivity index (χ3v) is 1.27. The van der Waals surface area contributed by atoms with Gasteiger partial charge in [0.2, 0.25) is 0 Å². The number of hydrogen-bond acceptors (Lipinski definition) is 2. The van der Waals surface area contributed by atoms with Crippen molar-refractivity contribution in [2.75, 3.05) is 40.9 Å². The van der Waals surface area contributed by atoms with Crippen molar-refractivity contribution in [2.45, 2.75) is 13.0 Å². The second-order valence-corrected chi connectivity index (χ2v) is 3.79. The number of ether oxygens (including phenoxy) is 1. The SMILES string of the molecule is CCOCC(O)C[N+](C)(C)C.[Cl-]. The standard InChI is InChI=1S/C8H20NO2.ClH/c1-5-11-7-8(10)6-9(2,3)4;/h8,10H,5-7H2,1-4H3;1H/q+1;/p-1. The first kappa shape index (κ1) is 14.7. The summed E-state index contributed by atoms with van der Waals surface area (Å²) in [6.07, 6.45) is -0.338. The van der Waals surface area contributed by atoms with E-state index < -0.39 is 0 Å². The maximum Gasteiger partial charge on any atom is 0.126 e. The van der Waals surface area contributed by atoms with Gasteiger partial charge in [-0.3, -0.25) is 0 Å². The molecule has 0 heterocycles. The molecule has 1 N–H and O–H groups in total. The van der Waals surface area contributed by atoms with E-state index in [2.05, 4.69) is 21.1 Å². The summed E-state index contributed by atoms with van der Waals surface area (Å²) in [6, 6.07) is 0. The number of nitrogens with zero attached hydrogens (tertiary/aromatic N) is 1. The van der Waals surface area contributed by atoms with Crippen LogP contribution < -0.4 is 12.4 Å². The molecule has 0 saturated carbocycles. The molecule has 4 heteroatoms. The predicted octanol–water partition coefficient (Wildman–Crippen LogP) is -2.91. The van der Waals surface area contributed by atoms with Crippen LogP contribution in [0, 0.1) is 0 Å². The molecular formula is C8H20ClNO2. The van der Waals surface area contributed by atoms with Crippen LogP contribution in [0.25, 0.3) is 0 Å². The Bertz CT molecular complexity index is 104.